The highest BCUT2D eigenvalue weighted by Gasteiger charge is 2.27. The topological polar surface area (TPSA) is 58.6 Å². The smallest absolute Gasteiger partial charge is 0.324 e. The largest absolute Gasteiger partial charge is 0.372 e. The molecule has 0 bridgehead atoms. The lowest BCUT2D eigenvalue weighted by molar-refractivity contribution is -0.0543. The third kappa shape index (κ3) is 3.92. The van der Waals surface area contributed by atoms with Crippen molar-refractivity contribution >= 4 is 23.5 Å². The monoisotopic (exact) mass is 314 g/mol. The molecule has 2 rings (SSSR count). The molecule has 0 unspecified atom stereocenters. The van der Waals surface area contributed by atoms with Gasteiger partial charge in [0.25, 0.3) is 5.91 Å². The molecule has 5 nitrogen and oxygen atoms in total. The zero-order chi connectivity index (χ0) is 15.6. The molecule has 1 saturated heterocycles. The Bertz CT molecular complexity index is 557. The van der Waals surface area contributed by atoms with Crippen molar-refractivity contribution in [3.8, 4) is 0 Å². The van der Waals surface area contributed by atoms with Crippen molar-refractivity contribution in [3.05, 3.63) is 34.6 Å². The van der Waals surface area contributed by atoms with Gasteiger partial charge in [-0.3, -0.25) is 10.1 Å². The number of morpholine rings is 1. The number of ether oxygens (including phenoxy) is 1. The van der Waals surface area contributed by atoms with Crippen LogP contribution in [0.25, 0.3) is 0 Å². The highest BCUT2D eigenvalue weighted by molar-refractivity contribution is 6.31. The van der Waals surface area contributed by atoms with Crippen LogP contribution < -0.4 is 5.32 Å². The lowest BCUT2D eigenvalue weighted by atomic mass is 10.2. The van der Waals surface area contributed by atoms with E-state index in [0.717, 1.165) is 6.07 Å². The van der Waals surface area contributed by atoms with E-state index in [1.807, 2.05) is 13.8 Å². The van der Waals surface area contributed by atoms with Gasteiger partial charge in [-0.25, -0.2) is 9.18 Å². The van der Waals surface area contributed by atoms with Crippen LogP contribution >= 0.6 is 11.6 Å². The van der Waals surface area contributed by atoms with Crippen molar-refractivity contribution in [3.63, 3.8) is 0 Å². The molecule has 1 aromatic rings. The molecule has 21 heavy (non-hydrogen) atoms. The molecular formula is C14H16ClFN2O3. The molecule has 1 heterocycles. The Balaban J connectivity index is 2.01. The molecule has 1 fully saturated rings. The third-order valence-corrected chi connectivity index (χ3v) is 3.40. The summed E-state index contributed by atoms with van der Waals surface area (Å²) in [6.45, 7) is 4.54. The minimum absolute atomic E-state index is 0.0881. The summed E-state index contributed by atoms with van der Waals surface area (Å²) in [4.78, 5) is 25.5. The van der Waals surface area contributed by atoms with Crippen molar-refractivity contribution in [1.29, 1.82) is 0 Å². The number of urea groups is 1. The van der Waals surface area contributed by atoms with Crippen LogP contribution in [-0.2, 0) is 4.74 Å². The standard InChI is InChI=1S/C14H16ClFN2O3/c1-8-6-18(7-9(2)21-8)14(20)17-13(19)10-3-4-12(16)11(15)5-10/h3-5,8-9H,6-7H2,1-2H3,(H,17,19,20)/t8-,9-/m0/s1. The second kappa shape index (κ2) is 6.41. The average molecular weight is 315 g/mol. The summed E-state index contributed by atoms with van der Waals surface area (Å²) in [6.07, 6.45) is -0.176. The highest BCUT2D eigenvalue weighted by Crippen LogP contribution is 2.16. The average Bonchev–Trinajstić information content (AvgIpc) is 2.40. The van der Waals surface area contributed by atoms with E-state index in [4.69, 9.17) is 16.3 Å². The van der Waals surface area contributed by atoms with Crippen LogP contribution in [0, 0.1) is 5.82 Å². The number of nitrogens with zero attached hydrogens (tertiary/aromatic N) is 1. The maximum Gasteiger partial charge on any atom is 0.324 e. The highest BCUT2D eigenvalue weighted by atomic mass is 35.5. The van der Waals surface area contributed by atoms with Crippen LogP contribution in [0.15, 0.2) is 18.2 Å². The molecule has 1 aliphatic heterocycles. The fourth-order valence-electron chi connectivity index (χ4n) is 2.23. The fraction of sp³-hybridized carbons (Fsp3) is 0.429. The van der Waals surface area contributed by atoms with E-state index >= 15 is 0 Å². The van der Waals surface area contributed by atoms with Gasteiger partial charge >= 0.3 is 6.03 Å². The number of imide groups is 1. The van der Waals surface area contributed by atoms with E-state index in [0.29, 0.717) is 13.1 Å². The molecule has 7 heteroatoms. The first-order valence-electron chi connectivity index (χ1n) is 6.57. The molecule has 114 valence electrons. The summed E-state index contributed by atoms with van der Waals surface area (Å²) in [5, 5.41) is 2.10. The minimum Gasteiger partial charge on any atom is -0.372 e. The summed E-state index contributed by atoms with van der Waals surface area (Å²) in [7, 11) is 0. The quantitative estimate of drug-likeness (QED) is 0.866. The number of hydrogen-bond donors (Lipinski definition) is 1. The first-order chi connectivity index (χ1) is 9.86. The van der Waals surface area contributed by atoms with E-state index in [1.54, 1.807) is 0 Å². The second-order valence-electron chi connectivity index (χ2n) is 5.05. The van der Waals surface area contributed by atoms with Crippen LogP contribution in [-0.4, -0.2) is 42.1 Å². The van der Waals surface area contributed by atoms with Crippen LogP contribution in [0.1, 0.15) is 24.2 Å². The molecule has 0 saturated carbocycles. The Labute approximate surface area is 127 Å². The van der Waals surface area contributed by atoms with Gasteiger partial charge in [0.15, 0.2) is 0 Å². The van der Waals surface area contributed by atoms with Gasteiger partial charge in [-0.15, -0.1) is 0 Å². The van der Waals surface area contributed by atoms with Gasteiger partial charge in [-0.2, -0.15) is 0 Å². The summed E-state index contributed by atoms with van der Waals surface area (Å²) < 4.78 is 18.6. The predicted octanol–water partition coefficient (Wildman–Crippen LogP) is 2.44. The number of rotatable bonds is 1. The number of benzene rings is 1. The molecule has 0 spiro atoms. The molecule has 0 aromatic heterocycles. The zero-order valence-electron chi connectivity index (χ0n) is 11.7. The molecule has 2 atom stereocenters. The lowest BCUT2D eigenvalue weighted by Gasteiger charge is -2.35. The Morgan fingerprint density at radius 3 is 2.52 bits per heavy atom. The number of halogens is 2. The van der Waals surface area contributed by atoms with Crippen LogP contribution in [0.2, 0.25) is 5.02 Å². The van der Waals surface area contributed by atoms with Gasteiger partial charge in [0, 0.05) is 18.7 Å². The van der Waals surface area contributed by atoms with E-state index < -0.39 is 17.8 Å². The van der Waals surface area contributed by atoms with Crippen LogP contribution in [0.4, 0.5) is 9.18 Å². The van der Waals surface area contributed by atoms with Crippen LogP contribution in [0.5, 0.6) is 0 Å². The molecular weight excluding hydrogens is 299 g/mol. The fourth-order valence-corrected chi connectivity index (χ4v) is 2.41. The molecule has 1 aliphatic rings. The van der Waals surface area contributed by atoms with E-state index in [9.17, 15) is 14.0 Å². The van der Waals surface area contributed by atoms with E-state index in [-0.39, 0.29) is 22.8 Å². The summed E-state index contributed by atoms with van der Waals surface area (Å²) in [6, 6.07) is 3.04. The Morgan fingerprint density at radius 1 is 1.33 bits per heavy atom. The van der Waals surface area contributed by atoms with Gasteiger partial charge in [0.05, 0.1) is 17.2 Å². The minimum atomic E-state index is -0.617. The van der Waals surface area contributed by atoms with E-state index in [2.05, 4.69) is 5.32 Å². The Kier molecular flexibility index (Phi) is 4.80. The van der Waals surface area contributed by atoms with Crippen molar-refractivity contribution < 1.29 is 18.7 Å². The van der Waals surface area contributed by atoms with E-state index in [1.165, 1.54) is 17.0 Å². The predicted molar refractivity (Wildman–Crippen MR) is 75.9 cm³/mol. The number of nitrogens with one attached hydrogen (secondary N) is 1. The number of amides is 3. The summed E-state index contributed by atoms with van der Waals surface area (Å²) in [5.41, 5.74) is 0.129. The summed E-state index contributed by atoms with van der Waals surface area (Å²) >= 11 is 5.61. The normalized spacial score (nSPS) is 22.0. The number of carbonyl (C=O) groups is 2. The van der Waals surface area contributed by atoms with Gasteiger partial charge in [-0.1, -0.05) is 11.6 Å². The molecule has 1 N–H and O–H groups in total. The summed E-state index contributed by atoms with van der Waals surface area (Å²) in [5.74, 6) is -1.23. The van der Waals surface area contributed by atoms with Gasteiger partial charge < -0.3 is 9.64 Å². The van der Waals surface area contributed by atoms with Crippen molar-refractivity contribution in [2.45, 2.75) is 26.1 Å². The molecule has 3 amide bonds. The second-order valence-corrected chi connectivity index (χ2v) is 5.46. The lowest BCUT2D eigenvalue weighted by Crippen LogP contribution is -2.52. The SMILES string of the molecule is C[C@H]1CN(C(=O)NC(=O)c2ccc(F)c(Cl)c2)C[C@H](C)O1. The molecule has 1 aromatic carbocycles. The third-order valence-electron chi connectivity index (χ3n) is 3.11. The Morgan fingerprint density at radius 2 is 1.95 bits per heavy atom. The van der Waals surface area contributed by atoms with Gasteiger partial charge in [0.1, 0.15) is 5.82 Å². The van der Waals surface area contributed by atoms with Crippen molar-refractivity contribution in [2.24, 2.45) is 0 Å². The number of hydrogen-bond acceptors (Lipinski definition) is 3. The first kappa shape index (κ1) is 15.7. The maximum atomic E-state index is 13.0. The van der Waals surface area contributed by atoms with Crippen LogP contribution in [0.3, 0.4) is 0 Å². The maximum absolute atomic E-state index is 13.0. The van der Waals surface area contributed by atoms with Gasteiger partial charge in [-0.05, 0) is 32.0 Å². The Hall–Kier alpha value is -1.66. The van der Waals surface area contributed by atoms with Gasteiger partial charge in [0.2, 0.25) is 0 Å². The zero-order valence-corrected chi connectivity index (χ0v) is 12.5. The van der Waals surface area contributed by atoms with Crippen molar-refractivity contribution in [2.75, 3.05) is 13.1 Å². The van der Waals surface area contributed by atoms with Crippen molar-refractivity contribution in [1.82, 2.24) is 10.2 Å². The molecule has 0 aliphatic carbocycles. The number of carbonyl (C=O) groups excluding carboxylic acids is 2. The first-order valence-corrected chi connectivity index (χ1v) is 6.95. The molecule has 0 radical (unpaired) electrons.